The number of aromatic nitrogens is 3. The number of hydrogen-bond donors (Lipinski definition) is 1. The lowest BCUT2D eigenvalue weighted by atomic mass is 9.78. The van der Waals surface area contributed by atoms with Gasteiger partial charge in [0.05, 0.1) is 0 Å². The minimum Gasteiger partial charge on any atom is -0.353 e. The average Bonchev–Trinajstić information content (AvgIpc) is 3.37. The van der Waals surface area contributed by atoms with Gasteiger partial charge < -0.3 is 10.2 Å². The molecule has 6 nitrogen and oxygen atoms in total. The van der Waals surface area contributed by atoms with Crippen LogP contribution < -0.4 is 10.2 Å². The zero-order valence-electron chi connectivity index (χ0n) is 16.2. The van der Waals surface area contributed by atoms with Crippen LogP contribution in [0.25, 0.3) is 5.13 Å². The predicted octanol–water partition coefficient (Wildman–Crippen LogP) is 3.49. The molecule has 1 aliphatic heterocycles. The van der Waals surface area contributed by atoms with E-state index in [1.165, 1.54) is 12.8 Å². The first-order valence-corrected chi connectivity index (χ1v) is 11.0. The van der Waals surface area contributed by atoms with Crippen LogP contribution in [0, 0.1) is 17.8 Å². The predicted molar refractivity (Wildman–Crippen MR) is 108 cm³/mol. The van der Waals surface area contributed by atoms with E-state index in [1.54, 1.807) is 11.3 Å². The number of carbonyl (C=O) groups excluding carboxylic acids is 1. The first kappa shape index (κ1) is 18.5. The van der Waals surface area contributed by atoms with Crippen molar-refractivity contribution in [2.45, 2.75) is 52.0 Å². The summed E-state index contributed by atoms with van der Waals surface area (Å²) in [6.07, 6.45) is 9.39. The third kappa shape index (κ3) is 4.03. The third-order valence-corrected chi connectivity index (χ3v) is 7.40. The molecular formula is C20H29N5OS. The molecule has 2 aliphatic rings. The SMILES string of the molecule is C[C@@H]1[C@H](C)CCC[C@@H]1NC(=O)C1CCN(c2nnc(-n3cccc3)s2)CC1. The van der Waals surface area contributed by atoms with Crippen LogP contribution in [0.2, 0.25) is 0 Å². The van der Waals surface area contributed by atoms with Crippen molar-refractivity contribution in [2.24, 2.45) is 17.8 Å². The summed E-state index contributed by atoms with van der Waals surface area (Å²) in [5.74, 6) is 1.67. The molecule has 0 spiro atoms. The molecule has 3 atom stereocenters. The Morgan fingerprint density at radius 1 is 1.07 bits per heavy atom. The van der Waals surface area contributed by atoms with E-state index in [2.05, 4.69) is 34.3 Å². The second-order valence-corrected chi connectivity index (χ2v) is 9.04. The topological polar surface area (TPSA) is 63.1 Å². The van der Waals surface area contributed by atoms with Crippen LogP contribution in [0.1, 0.15) is 46.0 Å². The van der Waals surface area contributed by atoms with Crippen molar-refractivity contribution in [1.29, 1.82) is 0 Å². The molecule has 1 amide bonds. The molecule has 2 fully saturated rings. The van der Waals surface area contributed by atoms with Gasteiger partial charge in [0.25, 0.3) is 0 Å². The highest BCUT2D eigenvalue weighted by Crippen LogP contribution is 2.31. The minimum atomic E-state index is 0.127. The van der Waals surface area contributed by atoms with E-state index < -0.39 is 0 Å². The molecule has 0 bridgehead atoms. The Morgan fingerprint density at radius 2 is 1.78 bits per heavy atom. The number of carbonyl (C=O) groups is 1. The van der Waals surface area contributed by atoms with Crippen LogP contribution in [0.4, 0.5) is 5.13 Å². The first-order chi connectivity index (χ1) is 13.1. The van der Waals surface area contributed by atoms with Crippen LogP contribution in [0.3, 0.4) is 0 Å². The summed E-state index contributed by atoms with van der Waals surface area (Å²) in [6.45, 7) is 6.34. The second kappa shape index (κ2) is 8.00. The van der Waals surface area contributed by atoms with Gasteiger partial charge in [0.1, 0.15) is 0 Å². The molecule has 1 aliphatic carbocycles. The normalized spacial score (nSPS) is 26.9. The van der Waals surface area contributed by atoms with Crippen LogP contribution in [-0.4, -0.2) is 39.8 Å². The molecule has 1 saturated heterocycles. The molecule has 2 aromatic rings. The van der Waals surface area contributed by atoms with E-state index in [4.69, 9.17) is 0 Å². The number of anilines is 1. The van der Waals surface area contributed by atoms with E-state index in [1.807, 2.05) is 29.1 Å². The molecule has 0 unspecified atom stereocenters. The van der Waals surface area contributed by atoms with Crippen molar-refractivity contribution < 1.29 is 4.79 Å². The lowest BCUT2D eigenvalue weighted by molar-refractivity contribution is -0.127. The fraction of sp³-hybridized carbons (Fsp3) is 0.650. The maximum absolute atomic E-state index is 12.8. The fourth-order valence-electron chi connectivity index (χ4n) is 4.32. The Hall–Kier alpha value is -1.89. The summed E-state index contributed by atoms with van der Waals surface area (Å²) < 4.78 is 1.98. The Kier molecular flexibility index (Phi) is 5.48. The minimum absolute atomic E-state index is 0.127. The molecular weight excluding hydrogens is 358 g/mol. The zero-order valence-corrected chi connectivity index (χ0v) is 17.0. The highest BCUT2D eigenvalue weighted by atomic mass is 32.1. The van der Waals surface area contributed by atoms with Gasteiger partial charge in [-0.05, 0) is 43.2 Å². The first-order valence-electron chi connectivity index (χ1n) is 10.1. The second-order valence-electron chi connectivity index (χ2n) is 8.10. The van der Waals surface area contributed by atoms with Crippen LogP contribution >= 0.6 is 11.3 Å². The van der Waals surface area contributed by atoms with Crippen LogP contribution in [0.5, 0.6) is 0 Å². The number of rotatable bonds is 4. The number of piperidine rings is 1. The Balaban J connectivity index is 1.30. The summed E-state index contributed by atoms with van der Waals surface area (Å²) in [7, 11) is 0. The smallest absolute Gasteiger partial charge is 0.223 e. The van der Waals surface area contributed by atoms with Gasteiger partial charge in [-0.3, -0.25) is 9.36 Å². The summed E-state index contributed by atoms with van der Waals surface area (Å²) in [5.41, 5.74) is 0. The van der Waals surface area contributed by atoms with E-state index in [0.29, 0.717) is 17.9 Å². The summed E-state index contributed by atoms with van der Waals surface area (Å²) in [6, 6.07) is 4.32. The standard InChI is InChI=1S/C20H29N5OS/c1-14-6-5-7-17(15(14)2)21-18(26)16-8-12-25(13-9-16)20-23-22-19(27-20)24-10-3-4-11-24/h3-4,10-11,14-17H,5-9,12-13H2,1-2H3,(H,21,26)/t14-,15-,17+/m1/s1. The largest absolute Gasteiger partial charge is 0.353 e. The van der Waals surface area contributed by atoms with E-state index in [9.17, 15) is 4.79 Å². The number of hydrogen-bond acceptors (Lipinski definition) is 5. The molecule has 0 radical (unpaired) electrons. The van der Waals surface area contributed by atoms with Gasteiger partial charge in [0.15, 0.2) is 0 Å². The van der Waals surface area contributed by atoms with Gasteiger partial charge in [0, 0.05) is 37.4 Å². The highest BCUT2D eigenvalue weighted by Gasteiger charge is 2.32. The van der Waals surface area contributed by atoms with Gasteiger partial charge in [-0.25, -0.2) is 0 Å². The van der Waals surface area contributed by atoms with E-state index in [-0.39, 0.29) is 11.8 Å². The van der Waals surface area contributed by atoms with Gasteiger partial charge in [0.2, 0.25) is 16.2 Å². The fourth-order valence-corrected chi connectivity index (χ4v) is 5.19. The quantitative estimate of drug-likeness (QED) is 0.872. The number of nitrogens with one attached hydrogen (secondary N) is 1. The van der Waals surface area contributed by atoms with Gasteiger partial charge in [-0.2, -0.15) is 0 Å². The van der Waals surface area contributed by atoms with Crippen molar-refractivity contribution in [2.75, 3.05) is 18.0 Å². The summed E-state index contributed by atoms with van der Waals surface area (Å²) >= 11 is 1.60. The van der Waals surface area contributed by atoms with E-state index >= 15 is 0 Å². The highest BCUT2D eigenvalue weighted by molar-refractivity contribution is 7.17. The molecule has 1 saturated carbocycles. The molecule has 7 heteroatoms. The maximum Gasteiger partial charge on any atom is 0.223 e. The molecule has 3 heterocycles. The molecule has 146 valence electrons. The van der Waals surface area contributed by atoms with Crippen LogP contribution in [-0.2, 0) is 4.79 Å². The lowest BCUT2D eigenvalue weighted by Gasteiger charge is -2.36. The van der Waals surface area contributed by atoms with Crippen LogP contribution in [0.15, 0.2) is 24.5 Å². The average molecular weight is 388 g/mol. The summed E-state index contributed by atoms with van der Waals surface area (Å²) in [4.78, 5) is 15.0. The zero-order chi connectivity index (χ0) is 18.8. The Labute approximate surface area is 165 Å². The molecule has 2 aromatic heterocycles. The van der Waals surface area contributed by atoms with Crippen molar-refractivity contribution in [1.82, 2.24) is 20.1 Å². The molecule has 27 heavy (non-hydrogen) atoms. The molecule has 0 aromatic carbocycles. The van der Waals surface area contributed by atoms with Crippen molar-refractivity contribution in [3.63, 3.8) is 0 Å². The molecule has 4 rings (SSSR count). The summed E-state index contributed by atoms with van der Waals surface area (Å²) in [5, 5.41) is 13.8. The Bertz CT molecular complexity index is 750. The monoisotopic (exact) mass is 387 g/mol. The van der Waals surface area contributed by atoms with Gasteiger partial charge in [-0.15, -0.1) is 10.2 Å². The number of nitrogens with zero attached hydrogens (tertiary/aromatic N) is 4. The third-order valence-electron chi connectivity index (χ3n) is 6.40. The van der Waals surface area contributed by atoms with Gasteiger partial charge >= 0.3 is 0 Å². The van der Waals surface area contributed by atoms with Crippen molar-refractivity contribution in [3.8, 4) is 5.13 Å². The molecule has 1 N–H and O–H groups in total. The van der Waals surface area contributed by atoms with Crippen molar-refractivity contribution >= 4 is 22.4 Å². The number of amides is 1. The lowest BCUT2D eigenvalue weighted by Crippen LogP contribution is -2.48. The maximum atomic E-state index is 12.8. The van der Waals surface area contributed by atoms with Gasteiger partial charge in [-0.1, -0.05) is 38.0 Å². The Morgan fingerprint density at radius 3 is 2.52 bits per heavy atom. The van der Waals surface area contributed by atoms with E-state index in [0.717, 1.165) is 42.6 Å². The van der Waals surface area contributed by atoms with Crippen molar-refractivity contribution in [3.05, 3.63) is 24.5 Å².